The molecule has 16 heavy (non-hydrogen) atoms. The predicted molar refractivity (Wildman–Crippen MR) is 57.0 cm³/mol. The summed E-state index contributed by atoms with van der Waals surface area (Å²) in [6, 6.07) is 3.70. The van der Waals surface area contributed by atoms with Gasteiger partial charge in [0.2, 0.25) is 11.6 Å². The van der Waals surface area contributed by atoms with Gasteiger partial charge in [-0.1, -0.05) is 5.16 Å². The molecule has 5 nitrogen and oxygen atoms in total. The number of pyridine rings is 1. The summed E-state index contributed by atoms with van der Waals surface area (Å²) in [6.45, 7) is 5.17. The molecule has 82 valence electrons. The van der Waals surface area contributed by atoms with Crippen LogP contribution in [0.3, 0.4) is 0 Å². The monoisotopic (exact) mass is 217 g/mol. The zero-order valence-corrected chi connectivity index (χ0v) is 9.31. The lowest BCUT2D eigenvalue weighted by Crippen LogP contribution is -1.92. The molecule has 0 saturated carbocycles. The second kappa shape index (κ2) is 3.84. The molecule has 0 aliphatic rings. The molecule has 0 spiro atoms. The van der Waals surface area contributed by atoms with E-state index in [4.69, 9.17) is 4.52 Å². The van der Waals surface area contributed by atoms with Crippen LogP contribution in [-0.4, -0.2) is 20.9 Å². The maximum Gasteiger partial charge on any atom is 0.294 e. The minimum Gasteiger partial charge on any atom is -0.330 e. The molecule has 0 N–H and O–H groups in total. The van der Waals surface area contributed by atoms with Crippen molar-refractivity contribution in [1.29, 1.82) is 0 Å². The smallest absolute Gasteiger partial charge is 0.294 e. The highest BCUT2D eigenvalue weighted by atomic mass is 16.5. The van der Waals surface area contributed by atoms with Gasteiger partial charge in [-0.05, 0) is 26.0 Å². The van der Waals surface area contributed by atoms with E-state index in [1.165, 1.54) is 6.92 Å². The van der Waals surface area contributed by atoms with Crippen LogP contribution in [0.15, 0.2) is 16.7 Å². The van der Waals surface area contributed by atoms with Crippen LogP contribution in [-0.2, 0) is 0 Å². The number of hydrogen-bond donors (Lipinski definition) is 0. The molecular weight excluding hydrogens is 206 g/mol. The summed E-state index contributed by atoms with van der Waals surface area (Å²) in [7, 11) is 0. The molecule has 2 heterocycles. The third kappa shape index (κ3) is 1.98. The zero-order chi connectivity index (χ0) is 11.7. The van der Waals surface area contributed by atoms with Crippen LogP contribution in [0.1, 0.15) is 29.0 Å². The van der Waals surface area contributed by atoms with Crippen molar-refractivity contribution < 1.29 is 9.32 Å². The van der Waals surface area contributed by atoms with Gasteiger partial charge in [-0.2, -0.15) is 4.98 Å². The van der Waals surface area contributed by atoms with Gasteiger partial charge in [-0.3, -0.25) is 9.78 Å². The molecule has 0 aliphatic heterocycles. The SMILES string of the molecule is CC(=O)c1nc(-c2cc(C)nc(C)c2)no1. The summed E-state index contributed by atoms with van der Waals surface area (Å²) < 4.78 is 4.83. The first-order chi connectivity index (χ1) is 7.56. The summed E-state index contributed by atoms with van der Waals surface area (Å²) in [5.41, 5.74) is 2.56. The van der Waals surface area contributed by atoms with Crippen molar-refractivity contribution in [3.63, 3.8) is 0 Å². The quantitative estimate of drug-likeness (QED) is 0.719. The fourth-order valence-corrected chi connectivity index (χ4v) is 1.45. The number of aromatic nitrogens is 3. The molecule has 2 aromatic heterocycles. The molecule has 0 unspecified atom stereocenters. The molecule has 5 heteroatoms. The third-order valence-corrected chi connectivity index (χ3v) is 2.07. The average molecular weight is 217 g/mol. The van der Waals surface area contributed by atoms with Gasteiger partial charge in [0.25, 0.3) is 5.89 Å². The van der Waals surface area contributed by atoms with E-state index in [1.807, 2.05) is 26.0 Å². The Kier molecular flexibility index (Phi) is 2.52. The molecule has 0 bridgehead atoms. The van der Waals surface area contributed by atoms with E-state index in [-0.39, 0.29) is 11.7 Å². The van der Waals surface area contributed by atoms with Gasteiger partial charge in [-0.15, -0.1) is 0 Å². The lowest BCUT2D eigenvalue weighted by Gasteiger charge is -1.98. The van der Waals surface area contributed by atoms with Crippen molar-refractivity contribution in [3.8, 4) is 11.4 Å². The molecule has 0 atom stereocenters. The summed E-state index contributed by atoms with van der Waals surface area (Å²) in [6.07, 6.45) is 0. The molecule has 0 saturated heterocycles. The van der Waals surface area contributed by atoms with E-state index in [9.17, 15) is 4.79 Å². The standard InChI is InChI=1S/C11H11N3O2/c1-6-4-9(5-7(2)12-6)10-13-11(8(3)15)16-14-10/h4-5H,1-3H3. The van der Waals surface area contributed by atoms with E-state index in [1.54, 1.807) is 0 Å². The van der Waals surface area contributed by atoms with Crippen molar-refractivity contribution in [2.45, 2.75) is 20.8 Å². The lowest BCUT2D eigenvalue weighted by molar-refractivity contribution is 0.0972. The highest BCUT2D eigenvalue weighted by molar-refractivity contribution is 5.89. The summed E-state index contributed by atoms with van der Waals surface area (Å²) in [4.78, 5) is 19.3. The highest BCUT2D eigenvalue weighted by Gasteiger charge is 2.12. The van der Waals surface area contributed by atoms with Gasteiger partial charge < -0.3 is 4.52 Å². The average Bonchev–Trinajstić information content (AvgIpc) is 2.64. The molecule has 2 aromatic rings. The Morgan fingerprint density at radius 2 is 1.81 bits per heavy atom. The molecule has 0 radical (unpaired) electrons. The van der Waals surface area contributed by atoms with Crippen molar-refractivity contribution >= 4 is 5.78 Å². The van der Waals surface area contributed by atoms with E-state index in [2.05, 4.69) is 15.1 Å². The number of carbonyl (C=O) groups excluding carboxylic acids is 1. The number of nitrogens with zero attached hydrogens (tertiary/aromatic N) is 3. The number of carbonyl (C=O) groups is 1. The minimum absolute atomic E-state index is 0.0297. The van der Waals surface area contributed by atoms with Crippen LogP contribution in [0.25, 0.3) is 11.4 Å². The van der Waals surface area contributed by atoms with Crippen molar-refractivity contribution in [2.24, 2.45) is 0 Å². The van der Waals surface area contributed by atoms with Crippen molar-refractivity contribution in [2.75, 3.05) is 0 Å². The molecule has 2 rings (SSSR count). The van der Waals surface area contributed by atoms with Crippen LogP contribution >= 0.6 is 0 Å². The van der Waals surface area contributed by atoms with Gasteiger partial charge in [0.15, 0.2) is 0 Å². The van der Waals surface area contributed by atoms with E-state index >= 15 is 0 Å². The largest absolute Gasteiger partial charge is 0.330 e. The number of ketones is 1. The molecular formula is C11H11N3O2. The fraction of sp³-hybridized carbons (Fsp3) is 0.273. The Morgan fingerprint density at radius 1 is 1.19 bits per heavy atom. The first-order valence-electron chi connectivity index (χ1n) is 4.86. The fourth-order valence-electron chi connectivity index (χ4n) is 1.45. The van der Waals surface area contributed by atoms with Gasteiger partial charge >= 0.3 is 0 Å². The van der Waals surface area contributed by atoms with E-state index in [0.29, 0.717) is 5.82 Å². The normalized spacial score (nSPS) is 10.4. The first kappa shape index (κ1) is 10.5. The maximum absolute atomic E-state index is 11.0. The summed E-state index contributed by atoms with van der Waals surface area (Å²) in [5, 5.41) is 3.76. The van der Waals surface area contributed by atoms with Gasteiger partial charge in [-0.25, -0.2) is 0 Å². The molecule has 0 aliphatic carbocycles. The highest BCUT2D eigenvalue weighted by Crippen LogP contribution is 2.17. The lowest BCUT2D eigenvalue weighted by atomic mass is 10.2. The molecule has 0 amide bonds. The second-order valence-corrected chi connectivity index (χ2v) is 3.62. The van der Waals surface area contributed by atoms with Crippen molar-refractivity contribution in [1.82, 2.24) is 15.1 Å². The Morgan fingerprint density at radius 3 is 2.31 bits per heavy atom. The van der Waals surface area contributed by atoms with E-state index < -0.39 is 0 Å². The van der Waals surface area contributed by atoms with E-state index in [0.717, 1.165) is 17.0 Å². The molecule has 0 aromatic carbocycles. The number of rotatable bonds is 2. The molecule has 0 fully saturated rings. The Hall–Kier alpha value is -2.04. The Bertz CT molecular complexity index is 526. The van der Waals surface area contributed by atoms with Crippen LogP contribution in [0.5, 0.6) is 0 Å². The Labute approximate surface area is 92.5 Å². The Balaban J connectivity index is 2.46. The number of hydrogen-bond acceptors (Lipinski definition) is 5. The predicted octanol–water partition coefficient (Wildman–Crippen LogP) is 1.95. The first-order valence-corrected chi connectivity index (χ1v) is 4.86. The van der Waals surface area contributed by atoms with Crippen molar-refractivity contribution in [3.05, 3.63) is 29.4 Å². The second-order valence-electron chi connectivity index (χ2n) is 3.62. The minimum atomic E-state index is -0.235. The summed E-state index contributed by atoms with van der Waals surface area (Å²) >= 11 is 0. The number of Topliss-reactive ketones (excluding diaryl/α,β-unsaturated/α-hetero) is 1. The summed E-state index contributed by atoms with van der Waals surface area (Å²) in [5.74, 6) is 0.210. The third-order valence-electron chi connectivity index (χ3n) is 2.07. The maximum atomic E-state index is 11.0. The van der Waals surface area contributed by atoms with Crippen LogP contribution < -0.4 is 0 Å². The van der Waals surface area contributed by atoms with Crippen LogP contribution in [0, 0.1) is 13.8 Å². The van der Waals surface area contributed by atoms with Crippen LogP contribution in [0.4, 0.5) is 0 Å². The van der Waals surface area contributed by atoms with Crippen LogP contribution in [0.2, 0.25) is 0 Å². The zero-order valence-electron chi connectivity index (χ0n) is 9.31. The van der Waals surface area contributed by atoms with Gasteiger partial charge in [0.1, 0.15) is 0 Å². The topological polar surface area (TPSA) is 68.9 Å². The number of aryl methyl sites for hydroxylation is 2. The van der Waals surface area contributed by atoms with Gasteiger partial charge in [0.05, 0.1) is 0 Å². The van der Waals surface area contributed by atoms with Gasteiger partial charge in [0, 0.05) is 23.9 Å².